The summed E-state index contributed by atoms with van der Waals surface area (Å²) in [6.07, 6.45) is 1.53. The van der Waals surface area contributed by atoms with Crippen molar-refractivity contribution in [3.63, 3.8) is 0 Å². The normalized spacial score (nSPS) is 16.7. The van der Waals surface area contributed by atoms with Crippen molar-refractivity contribution in [2.45, 2.75) is 22.6 Å². The van der Waals surface area contributed by atoms with E-state index in [1.54, 1.807) is 17.6 Å². The lowest BCUT2D eigenvalue weighted by Crippen LogP contribution is -2.45. The van der Waals surface area contributed by atoms with E-state index in [0.717, 1.165) is 22.7 Å². The molecule has 1 aliphatic heterocycles. The highest BCUT2D eigenvalue weighted by atomic mass is 32.2. The van der Waals surface area contributed by atoms with Crippen LogP contribution in [0.3, 0.4) is 0 Å². The molecule has 1 aromatic heterocycles. The van der Waals surface area contributed by atoms with Gasteiger partial charge < -0.3 is 10.1 Å². The van der Waals surface area contributed by atoms with Crippen molar-refractivity contribution in [3.8, 4) is 0 Å². The van der Waals surface area contributed by atoms with Crippen LogP contribution in [0.25, 0.3) is 0 Å². The third kappa shape index (κ3) is 4.31. The Labute approximate surface area is 148 Å². The van der Waals surface area contributed by atoms with Crippen LogP contribution in [-0.2, 0) is 14.9 Å². The predicted octanol–water partition coefficient (Wildman–Crippen LogP) is 2.63. The van der Waals surface area contributed by atoms with Crippen molar-refractivity contribution in [2.24, 2.45) is 0 Å². The lowest BCUT2D eigenvalue weighted by Gasteiger charge is -2.38. The number of ether oxygens (including phenoxy) is 1. The maximum atomic E-state index is 13.6. The van der Waals surface area contributed by atoms with Gasteiger partial charge in [-0.3, -0.25) is 4.79 Å². The van der Waals surface area contributed by atoms with Crippen LogP contribution in [0.5, 0.6) is 0 Å². The summed E-state index contributed by atoms with van der Waals surface area (Å²) in [5.41, 5.74) is 2.29. The molecule has 1 saturated heterocycles. The predicted molar refractivity (Wildman–Crippen MR) is 91.8 cm³/mol. The Morgan fingerprint density at radius 2 is 2.25 bits per heavy atom. The molecule has 128 valence electrons. The summed E-state index contributed by atoms with van der Waals surface area (Å²) < 4.78 is 19.9. The van der Waals surface area contributed by atoms with Gasteiger partial charge in [-0.25, -0.2) is 4.39 Å². The monoisotopic (exact) mass is 367 g/mol. The molecule has 0 aliphatic carbocycles. The number of amides is 1. The Balaban J connectivity index is 1.63. The van der Waals surface area contributed by atoms with E-state index in [1.807, 2.05) is 6.07 Å². The number of rotatable bonds is 6. The van der Waals surface area contributed by atoms with E-state index in [2.05, 4.69) is 15.5 Å². The number of benzene rings is 1. The van der Waals surface area contributed by atoms with E-state index in [4.69, 9.17) is 4.74 Å². The van der Waals surface area contributed by atoms with E-state index < -0.39 is 0 Å². The summed E-state index contributed by atoms with van der Waals surface area (Å²) >= 11 is 2.78. The van der Waals surface area contributed by atoms with E-state index in [1.165, 1.54) is 29.2 Å². The fraction of sp³-hybridized carbons (Fsp3) is 0.438. The average molecular weight is 367 g/mol. The lowest BCUT2D eigenvalue weighted by molar-refractivity contribution is -0.119. The molecule has 2 aromatic rings. The minimum Gasteiger partial charge on any atom is -0.381 e. The highest BCUT2D eigenvalue weighted by Gasteiger charge is 2.35. The van der Waals surface area contributed by atoms with Crippen LogP contribution in [0, 0.1) is 5.82 Å². The Bertz CT molecular complexity index is 676. The third-order valence-corrected chi connectivity index (χ3v) is 6.04. The van der Waals surface area contributed by atoms with Crippen molar-refractivity contribution in [2.75, 3.05) is 25.5 Å². The molecular formula is C16H18FN3O2S2. The second-order valence-electron chi connectivity index (χ2n) is 5.67. The Morgan fingerprint density at radius 3 is 2.96 bits per heavy atom. The Hall–Kier alpha value is -1.51. The van der Waals surface area contributed by atoms with Gasteiger partial charge in [0.2, 0.25) is 5.91 Å². The molecule has 1 fully saturated rings. The molecule has 1 amide bonds. The first-order chi connectivity index (χ1) is 11.7. The van der Waals surface area contributed by atoms with E-state index in [9.17, 15) is 9.18 Å². The van der Waals surface area contributed by atoms with Gasteiger partial charge in [0.1, 0.15) is 11.3 Å². The second kappa shape index (κ2) is 8.04. The number of nitrogens with one attached hydrogen (secondary N) is 1. The van der Waals surface area contributed by atoms with Crippen LogP contribution >= 0.6 is 23.1 Å². The van der Waals surface area contributed by atoms with Crippen LogP contribution < -0.4 is 5.32 Å². The fourth-order valence-electron chi connectivity index (χ4n) is 2.82. The number of thioether (sulfide) groups is 1. The molecule has 2 heterocycles. The number of carbonyl (C=O) groups excluding carboxylic acids is 1. The summed E-state index contributed by atoms with van der Waals surface area (Å²) in [5, 5.41) is 10.6. The fourth-order valence-corrected chi connectivity index (χ4v) is 4.14. The first kappa shape index (κ1) is 17.3. The first-order valence-corrected chi connectivity index (χ1v) is 9.54. The maximum absolute atomic E-state index is 13.6. The Kier molecular flexibility index (Phi) is 5.80. The summed E-state index contributed by atoms with van der Waals surface area (Å²) in [7, 11) is 0. The number of nitrogens with zero attached hydrogens (tertiary/aromatic N) is 2. The molecule has 8 heteroatoms. The van der Waals surface area contributed by atoms with Crippen LogP contribution in [0.2, 0.25) is 0 Å². The molecule has 0 bridgehead atoms. The minimum atomic E-state index is -0.274. The smallest absolute Gasteiger partial charge is 0.230 e. The molecule has 0 radical (unpaired) electrons. The van der Waals surface area contributed by atoms with Crippen LogP contribution in [0.1, 0.15) is 18.4 Å². The van der Waals surface area contributed by atoms with Gasteiger partial charge in [0.25, 0.3) is 0 Å². The van der Waals surface area contributed by atoms with E-state index >= 15 is 0 Å². The van der Waals surface area contributed by atoms with Crippen molar-refractivity contribution in [1.82, 2.24) is 15.5 Å². The maximum Gasteiger partial charge on any atom is 0.230 e. The first-order valence-electron chi connectivity index (χ1n) is 7.67. The molecule has 1 N–H and O–H groups in total. The molecule has 0 saturated carbocycles. The van der Waals surface area contributed by atoms with Gasteiger partial charge in [-0.05, 0) is 30.5 Å². The summed E-state index contributed by atoms with van der Waals surface area (Å²) in [6.45, 7) is 1.72. The number of halogens is 1. The minimum absolute atomic E-state index is 0.0579. The zero-order valence-corrected chi connectivity index (χ0v) is 14.7. The van der Waals surface area contributed by atoms with Gasteiger partial charge in [-0.15, -0.1) is 10.2 Å². The number of hydrogen-bond donors (Lipinski definition) is 1. The largest absolute Gasteiger partial charge is 0.381 e. The molecule has 0 unspecified atom stereocenters. The second-order valence-corrected chi connectivity index (χ2v) is 7.73. The molecule has 5 nitrogen and oxygen atoms in total. The van der Waals surface area contributed by atoms with Crippen molar-refractivity contribution in [1.29, 1.82) is 0 Å². The van der Waals surface area contributed by atoms with E-state index in [0.29, 0.717) is 25.5 Å². The molecule has 1 aromatic carbocycles. The van der Waals surface area contributed by atoms with Gasteiger partial charge in [-0.1, -0.05) is 35.2 Å². The van der Waals surface area contributed by atoms with Crippen LogP contribution in [0.15, 0.2) is 34.1 Å². The summed E-state index contributed by atoms with van der Waals surface area (Å²) in [6, 6.07) is 6.65. The van der Waals surface area contributed by atoms with Crippen LogP contribution in [-0.4, -0.2) is 41.6 Å². The lowest BCUT2D eigenvalue weighted by atomic mass is 9.74. The van der Waals surface area contributed by atoms with Crippen LogP contribution in [0.4, 0.5) is 4.39 Å². The molecule has 1 aliphatic rings. The number of hydrogen-bond acceptors (Lipinski definition) is 6. The standard InChI is InChI=1S/C16H18FN3O2S2/c17-13-3-1-2-12(8-13)16(4-6-22-7-5-16)10-18-14(21)9-23-15-20-19-11-24-15/h1-3,8,11H,4-7,9-10H2,(H,18,21). The number of aromatic nitrogens is 2. The Morgan fingerprint density at radius 1 is 1.42 bits per heavy atom. The quantitative estimate of drug-likeness (QED) is 0.795. The van der Waals surface area contributed by atoms with Gasteiger partial charge in [0, 0.05) is 25.2 Å². The van der Waals surface area contributed by atoms with Crippen molar-refractivity contribution < 1.29 is 13.9 Å². The zero-order chi connectivity index (χ0) is 16.8. The summed E-state index contributed by atoms with van der Waals surface area (Å²) in [5.74, 6) is -0.0146. The van der Waals surface area contributed by atoms with Gasteiger partial charge in [0.05, 0.1) is 5.75 Å². The molecule has 24 heavy (non-hydrogen) atoms. The molecular weight excluding hydrogens is 349 g/mol. The molecule has 3 rings (SSSR count). The average Bonchev–Trinajstić information content (AvgIpc) is 3.12. The van der Waals surface area contributed by atoms with E-state index in [-0.39, 0.29) is 17.1 Å². The number of carbonyl (C=O) groups is 1. The van der Waals surface area contributed by atoms with Crippen molar-refractivity contribution in [3.05, 3.63) is 41.2 Å². The topological polar surface area (TPSA) is 64.1 Å². The summed E-state index contributed by atoms with van der Waals surface area (Å²) in [4.78, 5) is 12.1. The van der Waals surface area contributed by atoms with Gasteiger partial charge in [0.15, 0.2) is 4.34 Å². The SMILES string of the molecule is O=C(CSc1nncs1)NCC1(c2cccc(F)c2)CCOCC1. The van der Waals surface area contributed by atoms with Crippen molar-refractivity contribution >= 4 is 29.0 Å². The molecule has 0 atom stereocenters. The van der Waals surface area contributed by atoms with Gasteiger partial charge >= 0.3 is 0 Å². The highest BCUT2D eigenvalue weighted by Crippen LogP contribution is 2.34. The van der Waals surface area contributed by atoms with Gasteiger partial charge in [-0.2, -0.15) is 0 Å². The molecule has 0 spiro atoms. The zero-order valence-electron chi connectivity index (χ0n) is 13.0. The highest BCUT2D eigenvalue weighted by molar-refractivity contribution is 8.01. The third-order valence-electron chi connectivity index (χ3n) is 4.18.